The van der Waals surface area contributed by atoms with Gasteiger partial charge in [-0.3, -0.25) is 4.21 Å². The van der Waals surface area contributed by atoms with Crippen molar-refractivity contribution in [2.45, 2.75) is 32.1 Å². The van der Waals surface area contributed by atoms with Crippen molar-refractivity contribution in [2.24, 2.45) is 5.92 Å². The third-order valence-electron chi connectivity index (χ3n) is 2.10. The van der Waals surface area contributed by atoms with E-state index in [4.69, 9.17) is 0 Å². The minimum atomic E-state index is -1.81. The molecule has 3 heteroatoms. The maximum Gasteiger partial charge on any atom is 0.0130 e. The third kappa shape index (κ3) is 2.80. The Hall–Kier alpha value is 0.110. The van der Waals surface area contributed by atoms with E-state index in [1.165, 1.54) is 19.3 Å². The van der Waals surface area contributed by atoms with Crippen LogP contribution >= 0.6 is 0 Å². The Morgan fingerprint density at radius 3 is 2.40 bits per heavy atom. The van der Waals surface area contributed by atoms with Crippen molar-refractivity contribution >= 4 is 11.1 Å². The summed E-state index contributed by atoms with van der Waals surface area (Å²) in [6, 6.07) is 0. The van der Waals surface area contributed by atoms with Gasteiger partial charge in [-0.2, -0.15) is 0 Å². The minimum absolute atomic E-state index is 0.389. The van der Waals surface area contributed by atoms with Crippen LogP contribution in [0.25, 0.3) is 0 Å². The lowest BCUT2D eigenvalue weighted by molar-refractivity contribution is 0.381. The molecule has 1 rings (SSSR count). The summed E-state index contributed by atoms with van der Waals surface area (Å²) in [6.07, 6.45) is 5.98. The number of hydrogen-bond acceptors (Lipinski definition) is 2. The lowest BCUT2D eigenvalue weighted by Gasteiger charge is -2.21. The molecule has 0 heterocycles. The molecule has 0 saturated heterocycles. The van der Waals surface area contributed by atoms with E-state index in [0.29, 0.717) is 11.7 Å². The summed E-state index contributed by atoms with van der Waals surface area (Å²) in [5.41, 5.74) is 0. The zero-order valence-corrected chi connectivity index (χ0v) is 6.86. The minimum Gasteiger partial charge on any atom is -0.772 e. The molecule has 10 heavy (non-hydrogen) atoms. The molecule has 0 spiro atoms. The van der Waals surface area contributed by atoms with E-state index < -0.39 is 11.1 Å². The number of rotatable bonds is 2. The van der Waals surface area contributed by atoms with Crippen LogP contribution in [0, 0.1) is 5.92 Å². The van der Waals surface area contributed by atoms with Crippen molar-refractivity contribution in [3.8, 4) is 0 Å². The van der Waals surface area contributed by atoms with Gasteiger partial charge >= 0.3 is 0 Å². The van der Waals surface area contributed by atoms with Crippen LogP contribution in [0.1, 0.15) is 32.1 Å². The maximum absolute atomic E-state index is 10.3. The topological polar surface area (TPSA) is 40.1 Å². The Labute approximate surface area is 64.3 Å². The second kappa shape index (κ2) is 4.09. The van der Waals surface area contributed by atoms with Crippen LogP contribution in [0.3, 0.4) is 0 Å². The molecule has 0 aromatic heterocycles. The number of hydrogen-bond donors (Lipinski definition) is 0. The Morgan fingerprint density at radius 2 is 1.90 bits per heavy atom. The van der Waals surface area contributed by atoms with E-state index in [1.807, 2.05) is 0 Å². The fourth-order valence-corrected chi connectivity index (χ4v) is 2.26. The second-order valence-corrected chi connectivity index (χ2v) is 3.92. The van der Waals surface area contributed by atoms with E-state index in [0.717, 1.165) is 12.8 Å². The van der Waals surface area contributed by atoms with Crippen LogP contribution in [0.2, 0.25) is 0 Å². The van der Waals surface area contributed by atoms with Crippen LogP contribution in [0.15, 0.2) is 0 Å². The molecule has 0 N–H and O–H groups in total. The van der Waals surface area contributed by atoms with Gasteiger partial charge in [-0.15, -0.1) is 0 Å². The molecule has 2 nitrogen and oxygen atoms in total. The van der Waals surface area contributed by atoms with Gasteiger partial charge in [0.1, 0.15) is 0 Å². The van der Waals surface area contributed by atoms with Crippen molar-refractivity contribution < 1.29 is 8.76 Å². The highest BCUT2D eigenvalue weighted by Crippen LogP contribution is 2.23. The van der Waals surface area contributed by atoms with Crippen molar-refractivity contribution in [3.05, 3.63) is 0 Å². The van der Waals surface area contributed by atoms with Gasteiger partial charge in [-0.1, -0.05) is 30.3 Å². The molecule has 0 aliphatic heterocycles. The summed E-state index contributed by atoms with van der Waals surface area (Å²) < 4.78 is 20.5. The lowest BCUT2D eigenvalue weighted by atomic mass is 9.91. The average molecular weight is 161 g/mol. The van der Waals surface area contributed by atoms with Gasteiger partial charge in [0.2, 0.25) is 0 Å². The summed E-state index contributed by atoms with van der Waals surface area (Å²) in [7, 11) is 0. The van der Waals surface area contributed by atoms with Crippen LogP contribution in [-0.2, 0) is 11.1 Å². The van der Waals surface area contributed by atoms with Crippen LogP contribution in [-0.4, -0.2) is 14.5 Å². The van der Waals surface area contributed by atoms with Gasteiger partial charge in [0, 0.05) is 5.75 Å². The summed E-state index contributed by atoms with van der Waals surface area (Å²) in [4.78, 5) is 0. The summed E-state index contributed by atoms with van der Waals surface area (Å²) in [5.74, 6) is 0.854. The fraction of sp³-hybridized carbons (Fsp3) is 1.00. The maximum atomic E-state index is 10.3. The largest absolute Gasteiger partial charge is 0.772 e. The highest BCUT2D eigenvalue weighted by Gasteiger charge is 2.12. The first-order valence-electron chi connectivity index (χ1n) is 3.85. The zero-order valence-electron chi connectivity index (χ0n) is 6.04. The molecule has 1 atom stereocenters. The van der Waals surface area contributed by atoms with Gasteiger partial charge in [-0.05, 0) is 18.8 Å². The second-order valence-electron chi connectivity index (χ2n) is 2.97. The van der Waals surface area contributed by atoms with E-state index >= 15 is 0 Å². The Balaban J connectivity index is 2.19. The normalized spacial score (nSPS) is 24.5. The smallest absolute Gasteiger partial charge is 0.0130 e. The molecule has 1 aliphatic carbocycles. The predicted molar refractivity (Wildman–Crippen MR) is 40.4 cm³/mol. The Bertz CT molecular complexity index is 119. The molecule has 0 aromatic rings. The van der Waals surface area contributed by atoms with E-state index in [9.17, 15) is 8.76 Å². The van der Waals surface area contributed by atoms with E-state index in [1.54, 1.807) is 0 Å². The summed E-state index contributed by atoms with van der Waals surface area (Å²) in [5, 5.41) is 0. The molecule has 60 valence electrons. The van der Waals surface area contributed by atoms with Gasteiger partial charge in [0.25, 0.3) is 0 Å². The van der Waals surface area contributed by atoms with E-state index in [2.05, 4.69) is 0 Å². The monoisotopic (exact) mass is 161 g/mol. The van der Waals surface area contributed by atoms with Crippen molar-refractivity contribution in [1.29, 1.82) is 0 Å². The Kier molecular flexibility index (Phi) is 3.35. The quantitative estimate of drug-likeness (QED) is 0.575. The van der Waals surface area contributed by atoms with Crippen LogP contribution in [0.4, 0.5) is 0 Å². The van der Waals surface area contributed by atoms with Crippen molar-refractivity contribution in [3.63, 3.8) is 0 Å². The molecule has 0 amide bonds. The fourth-order valence-electron chi connectivity index (χ4n) is 1.55. The SMILES string of the molecule is O=S([O-])CC1CCCCC1. The van der Waals surface area contributed by atoms with Gasteiger partial charge < -0.3 is 4.55 Å². The van der Waals surface area contributed by atoms with Crippen molar-refractivity contribution in [1.82, 2.24) is 0 Å². The highest BCUT2D eigenvalue weighted by atomic mass is 32.2. The van der Waals surface area contributed by atoms with Crippen molar-refractivity contribution in [2.75, 3.05) is 5.75 Å². The molecular formula is C7H13O2S-. The van der Waals surface area contributed by atoms with Gasteiger partial charge in [0.05, 0.1) is 0 Å². The standard InChI is InChI=1S/C7H14O2S/c8-10(9)6-7-4-2-1-3-5-7/h7H,1-6H2,(H,8,9)/p-1. The van der Waals surface area contributed by atoms with Gasteiger partial charge in [0.15, 0.2) is 0 Å². The first-order valence-corrected chi connectivity index (χ1v) is 5.09. The molecule has 1 saturated carbocycles. The molecule has 1 fully saturated rings. The zero-order chi connectivity index (χ0) is 7.40. The molecular weight excluding hydrogens is 148 g/mol. The molecule has 0 radical (unpaired) electrons. The Morgan fingerprint density at radius 1 is 1.30 bits per heavy atom. The van der Waals surface area contributed by atoms with Crippen LogP contribution in [0.5, 0.6) is 0 Å². The third-order valence-corrected chi connectivity index (χ3v) is 2.84. The lowest BCUT2D eigenvalue weighted by Crippen LogP contribution is -2.13. The molecule has 1 aliphatic rings. The predicted octanol–water partition coefficient (Wildman–Crippen LogP) is 1.45. The summed E-state index contributed by atoms with van der Waals surface area (Å²) >= 11 is -1.81. The highest BCUT2D eigenvalue weighted by molar-refractivity contribution is 7.79. The first-order chi connectivity index (χ1) is 4.79. The molecule has 1 unspecified atom stereocenters. The summed E-state index contributed by atoms with van der Waals surface area (Å²) in [6.45, 7) is 0. The average Bonchev–Trinajstić information content (AvgIpc) is 1.88. The van der Waals surface area contributed by atoms with Crippen LogP contribution < -0.4 is 0 Å². The molecule has 0 aromatic carbocycles. The molecule has 0 bridgehead atoms. The van der Waals surface area contributed by atoms with E-state index in [-0.39, 0.29) is 0 Å². The van der Waals surface area contributed by atoms with Gasteiger partial charge in [-0.25, -0.2) is 0 Å². The first kappa shape index (κ1) is 8.21.